The van der Waals surface area contributed by atoms with Crippen LogP contribution >= 0.6 is 11.6 Å². The zero-order valence-electron chi connectivity index (χ0n) is 19.6. The second kappa shape index (κ2) is 12.0. The molecule has 0 heterocycles. The number of nitrogens with zero attached hydrogens (tertiary/aromatic N) is 1. The molecule has 9 heteroatoms. The number of aromatic carboxylic acids is 1. The van der Waals surface area contributed by atoms with Crippen molar-refractivity contribution >= 4 is 23.5 Å². The summed E-state index contributed by atoms with van der Waals surface area (Å²) in [7, 11) is 4.59. The van der Waals surface area contributed by atoms with Crippen molar-refractivity contribution in [3.8, 4) is 23.0 Å². The first-order valence-corrected chi connectivity index (χ1v) is 11.0. The quantitative estimate of drug-likeness (QED) is 0.409. The normalized spacial score (nSPS) is 10.4. The number of carbonyl (C=O) groups excluding carboxylic acids is 1. The van der Waals surface area contributed by atoms with Gasteiger partial charge >= 0.3 is 5.97 Å². The fourth-order valence-corrected chi connectivity index (χ4v) is 3.66. The number of hydrogen-bond donors (Lipinski definition) is 1. The van der Waals surface area contributed by atoms with E-state index in [0.29, 0.717) is 29.4 Å². The molecule has 0 fully saturated rings. The molecule has 0 atom stereocenters. The van der Waals surface area contributed by atoms with Crippen LogP contribution < -0.4 is 18.9 Å². The molecule has 0 aliphatic carbocycles. The highest BCUT2D eigenvalue weighted by atomic mass is 35.5. The SMILES string of the molecule is COc1cc(OC)c(OC)cc1CN(Cc1ccccc1)C(=O)COc1ccc(Cl)cc1C(=O)O. The number of halogens is 1. The maximum Gasteiger partial charge on any atom is 0.339 e. The molecule has 0 spiro atoms. The van der Waals surface area contributed by atoms with Crippen molar-refractivity contribution in [3.63, 3.8) is 0 Å². The highest BCUT2D eigenvalue weighted by Crippen LogP contribution is 2.35. The van der Waals surface area contributed by atoms with E-state index in [4.69, 9.17) is 30.5 Å². The topological polar surface area (TPSA) is 94.5 Å². The summed E-state index contributed by atoms with van der Waals surface area (Å²) in [5.74, 6) is 0.0299. The minimum absolute atomic E-state index is 0.0543. The van der Waals surface area contributed by atoms with Crippen molar-refractivity contribution in [2.24, 2.45) is 0 Å². The van der Waals surface area contributed by atoms with Crippen LogP contribution in [0.15, 0.2) is 60.7 Å². The van der Waals surface area contributed by atoms with Crippen LogP contribution in [0.4, 0.5) is 0 Å². The fourth-order valence-electron chi connectivity index (χ4n) is 3.48. The second-order valence-corrected chi connectivity index (χ2v) is 7.93. The van der Waals surface area contributed by atoms with E-state index >= 15 is 0 Å². The Morgan fingerprint density at radius 3 is 2.11 bits per heavy atom. The molecule has 0 aliphatic rings. The first-order valence-electron chi connectivity index (χ1n) is 10.6. The van der Waals surface area contributed by atoms with Crippen molar-refractivity contribution in [2.45, 2.75) is 13.1 Å². The summed E-state index contributed by atoms with van der Waals surface area (Å²) in [6, 6.07) is 17.2. The molecule has 8 nitrogen and oxygen atoms in total. The number of carboxylic acid groups (broad SMARTS) is 1. The molecular formula is C26H26ClNO7. The van der Waals surface area contributed by atoms with Crippen LogP contribution in [0, 0.1) is 0 Å². The fraction of sp³-hybridized carbons (Fsp3) is 0.231. The molecule has 3 aromatic rings. The molecule has 0 unspecified atom stereocenters. The largest absolute Gasteiger partial charge is 0.496 e. The van der Waals surface area contributed by atoms with Crippen molar-refractivity contribution < 1.29 is 33.6 Å². The van der Waals surface area contributed by atoms with Gasteiger partial charge in [-0.1, -0.05) is 41.9 Å². The minimum Gasteiger partial charge on any atom is -0.496 e. The number of carboxylic acids is 1. The highest BCUT2D eigenvalue weighted by molar-refractivity contribution is 6.31. The van der Waals surface area contributed by atoms with Crippen LogP contribution in [0.25, 0.3) is 0 Å². The lowest BCUT2D eigenvalue weighted by atomic mass is 10.1. The van der Waals surface area contributed by atoms with Gasteiger partial charge < -0.3 is 29.0 Å². The van der Waals surface area contributed by atoms with Gasteiger partial charge in [0.1, 0.15) is 17.1 Å². The lowest BCUT2D eigenvalue weighted by Crippen LogP contribution is -2.34. The summed E-state index contributed by atoms with van der Waals surface area (Å²) in [4.78, 5) is 26.4. The van der Waals surface area contributed by atoms with E-state index in [1.54, 1.807) is 17.0 Å². The minimum atomic E-state index is -1.20. The van der Waals surface area contributed by atoms with Gasteiger partial charge in [-0.15, -0.1) is 0 Å². The zero-order valence-corrected chi connectivity index (χ0v) is 20.4. The molecule has 184 valence electrons. The average molecular weight is 500 g/mol. The third kappa shape index (κ3) is 6.58. The van der Waals surface area contributed by atoms with Gasteiger partial charge in [-0.25, -0.2) is 4.79 Å². The molecule has 0 bridgehead atoms. The van der Waals surface area contributed by atoms with Crippen LogP contribution in [0.5, 0.6) is 23.0 Å². The monoisotopic (exact) mass is 499 g/mol. The summed E-state index contributed by atoms with van der Waals surface area (Å²) in [6.45, 7) is 0.115. The Bertz CT molecular complexity index is 1180. The molecule has 1 amide bonds. The smallest absolute Gasteiger partial charge is 0.339 e. The standard InChI is InChI=1S/C26H26ClNO7/c1-32-22-13-24(34-3)23(33-2)11-18(22)15-28(14-17-7-5-4-6-8-17)25(29)16-35-21-10-9-19(27)12-20(21)26(30)31/h4-13H,14-16H2,1-3H3,(H,30,31). The third-order valence-corrected chi connectivity index (χ3v) is 5.48. The van der Waals surface area contributed by atoms with Crippen LogP contribution in [0.2, 0.25) is 5.02 Å². The lowest BCUT2D eigenvalue weighted by molar-refractivity contribution is -0.134. The van der Waals surface area contributed by atoms with Crippen LogP contribution in [-0.4, -0.2) is 49.8 Å². The molecular weight excluding hydrogens is 474 g/mol. The second-order valence-electron chi connectivity index (χ2n) is 7.49. The highest BCUT2D eigenvalue weighted by Gasteiger charge is 2.21. The van der Waals surface area contributed by atoms with E-state index in [1.807, 2.05) is 30.3 Å². The van der Waals surface area contributed by atoms with Crippen molar-refractivity contribution in [3.05, 3.63) is 82.4 Å². The molecule has 0 aromatic heterocycles. The van der Waals surface area contributed by atoms with Gasteiger partial charge in [0.2, 0.25) is 0 Å². The van der Waals surface area contributed by atoms with Gasteiger partial charge in [-0.2, -0.15) is 0 Å². The first-order chi connectivity index (χ1) is 16.9. The molecule has 3 rings (SSSR count). The van der Waals surface area contributed by atoms with Gasteiger partial charge in [0.25, 0.3) is 5.91 Å². The zero-order chi connectivity index (χ0) is 25.4. The Labute approximate surface area is 208 Å². The van der Waals surface area contributed by atoms with Crippen LogP contribution in [0.1, 0.15) is 21.5 Å². The third-order valence-electron chi connectivity index (χ3n) is 5.24. The van der Waals surface area contributed by atoms with E-state index in [0.717, 1.165) is 5.56 Å². The summed E-state index contributed by atoms with van der Waals surface area (Å²) in [6.07, 6.45) is 0. The van der Waals surface area contributed by atoms with Gasteiger partial charge in [0, 0.05) is 29.7 Å². The van der Waals surface area contributed by atoms with Crippen LogP contribution in [0.3, 0.4) is 0 Å². The Hall–Kier alpha value is -3.91. The Morgan fingerprint density at radius 2 is 1.49 bits per heavy atom. The molecule has 35 heavy (non-hydrogen) atoms. The predicted molar refractivity (Wildman–Crippen MR) is 131 cm³/mol. The Kier molecular flexibility index (Phi) is 8.80. The number of benzene rings is 3. The van der Waals surface area contributed by atoms with Gasteiger partial charge in [0.05, 0.1) is 21.3 Å². The summed E-state index contributed by atoms with van der Waals surface area (Å²) < 4.78 is 21.9. The first kappa shape index (κ1) is 25.7. The maximum absolute atomic E-state index is 13.3. The van der Waals surface area contributed by atoms with E-state index < -0.39 is 5.97 Å². The molecule has 3 aromatic carbocycles. The molecule has 0 radical (unpaired) electrons. The van der Waals surface area contributed by atoms with Crippen LogP contribution in [-0.2, 0) is 17.9 Å². The van der Waals surface area contributed by atoms with Gasteiger partial charge in [0.15, 0.2) is 18.1 Å². The number of ether oxygens (including phenoxy) is 4. The van der Waals surface area contributed by atoms with Gasteiger partial charge in [-0.05, 0) is 29.8 Å². The van der Waals surface area contributed by atoms with Crippen molar-refractivity contribution in [1.82, 2.24) is 4.90 Å². The molecule has 0 saturated carbocycles. The van der Waals surface area contributed by atoms with Crippen molar-refractivity contribution in [1.29, 1.82) is 0 Å². The Balaban J connectivity index is 1.88. The average Bonchev–Trinajstić information content (AvgIpc) is 2.87. The van der Waals surface area contributed by atoms with Gasteiger partial charge in [-0.3, -0.25) is 4.79 Å². The lowest BCUT2D eigenvalue weighted by Gasteiger charge is -2.25. The summed E-state index contributed by atoms with van der Waals surface area (Å²) >= 11 is 5.90. The summed E-state index contributed by atoms with van der Waals surface area (Å²) in [5.41, 5.74) is 1.49. The number of carbonyl (C=O) groups is 2. The number of methoxy groups -OCH3 is 3. The number of rotatable bonds is 11. The molecule has 0 saturated heterocycles. The number of hydrogen-bond acceptors (Lipinski definition) is 6. The van der Waals surface area contributed by atoms with E-state index in [2.05, 4.69) is 0 Å². The summed E-state index contributed by atoms with van der Waals surface area (Å²) in [5, 5.41) is 9.69. The maximum atomic E-state index is 13.3. The number of amides is 1. The van der Waals surface area contributed by atoms with E-state index in [9.17, 15) is 14.7 Å². The van der Waals surface area contributed by atoms with Crippen molar-refractivity contribution in [2.75, 3.05) is 27.9 Å². The molecule has 0 aliphatic heterocycles. The van der Waals surface area contributed by atoms with E-state index in [1.165, 1.54) is 39.5 Å². The Morgan fingerprint density at radius 1 is 0.829 bits per heavy atom. The van der Waals surface area contributed by atoms with E-state index in [-0.39, 0.29) is 35.4 Å². The molecule has 1 N–H and O–H groups in total. The predicted octanol–water partition coefficient (Wildman–Crippen LogP) is 4.67.